The maximum atomic E-state index is 4.66. The van der Waals surface area contributed by atoms with E-state index in [2.05, 4.69) is 57.7 Å². The number of para-hydroxylation sites is 2. The second-order valence-electron chi connectivity index (χ2n) is 4.25. The van der Waals surface area contributed by atoms with Crippen molar-refractivity contribution < 1.29 is 0 Å². The summed E-state index contributed by atoms with van der Waals surface area (Å²) in [6.07, 6.45) is 3.44. The van der Waals surface area contributed by atoms with Crippen LogP contribution in [0, 0.1) is 0 Å². The Morgan fingerprint density at radius 1 is 1.38 bits per heavy atom. The van der Waals surface area contributed by atoms with Crippen LogP contribution < -0.4 is 0 Å². The number of fused-ring (bicyclic) bond motifs is 1. The number of hydrogen-bond donors (Lipinski definition) is 0. The molecule has 0 spiro atoms. The highest BCUT2D eigenvalue weighted by atomic mass is 79.9. The van der Waals surface area contributed by atoms with Crippen molar-refractivity contribution in [2.24, 2.45) is 7.05 Å². The fourth-order valence-electron chi connectivity index (χ4n) is 1.96. The van der Waals surface area contributed by atoms with Gasteiger partial charge in [0.25, 0.3) is 0 Å². The van der Waals surface area contributed by atoms with Crippen molar-refractivity contribution in [3.05, 3.63) is 30.1 Å². The molecule has 1 aromatic carbocycles. The number of aromatic nitrogens is 2. The molecule has 2 nitrogen and oxygen atoms in total. The SMILES string of the molecule is CC(Br)CCCc1nc2ccccc2n1C. The molecule has 0 N–H and O–H groups in total. The first-order valence-electron chi connectivity index (χ1n) is 5.73. The van der Waals surface area contributed by atoms with Crippen LogP contribution in [0.15, 0.2) is 24.3 Å². The first-order valence-corrected chi connectivity index (χ1v) is 6.64. The number of aryl methyl sites for hydroxylation is 2. The van der Waals surface area contributed by atoms with Crippen LogP contribution in [0.25, 0.3) is 11.0 Å². The minimum atomic E-state index is 0.599. The molecular weight excluding hydrogens is 264 g/mol. The van der Waals surface area contributed by atoms with Gasteiger partial charge in [0.05, 0.1) is 11.0 Å². The molecule has 0 amide bonds. The molecule has 2 rings (SSSR count). The highest BCUT2D eigenvalue weighted by Crippen LogP contribution is 2.16. The van der Waals surface area contributed by atoms with E-state index in [4.69, 9.17) is 0 Å². The van der Waals surface area contributed by atoms with Gasteiger partial charge in [-0.1, -0.05) is 35.0 Å². The quantitative estimate of drug-likeness (QED) is 0.782. The van der Waals surface area contributed by atoms with Crippen molar-refractivity contribution >= 4 is 27.0 Å². The van der Waals surface area contributed by atoms with Gasteiger partial charge in [-0.3, -0.25) is 0 Å². The summed E-state index contributed by atoms with van der Waals surface area (Å²) in [5.74, 6) is 1.19. The molecule has 1 aromatic heterocycles. The van der Waals surface area contributed by atoms with E-state index in [0.29, 0.717) is 4.83 Å². The normalized spacial score (nSPS) is 13.2. The predicted octanol–water partition coefficient (Wildman–Crippen LogP) is 3.68. The molecule has 3 heteroatoms. The lowest BCUT2D eigenvalue weighted by Crippen LogP contribution is -1.99. The number of rotatable bonds is 4. The number of alkyl halides is 1. The lowest BCUT2D eigenvalue weighted by molar-refractivity contribution is 0.688. The van der Waals surface area contributed by atoms with E-state index < -0.39 is 0 Å². The van der Waals surface area contributed by atoms with Crippen LogP contribution in [-0.4, -0.2) is 14.4 Å². The number of nitrogens with zero attached hydrogens (tertiary/aromatic N) is 2. The van der Waals surface area contributed by atoms with Crippen molar-refractivity contribution in [3.8, 4) is 0 Å². The van der Waals surface area contributed by atoms with Gasteiger partial charge < -0.3 is 4.57 Å². The Hall–Kier alpha value is -0.830. The second-order valence-corrected chi connectivity index (χ2v) is 5.81. The van der Waals surface area contributed by atoms with Crippen molar-refractivity contribution in [1.29, 1.82) is 0 Å². The van der Waals surface area contributed by atoms with Crippen LogP contribution in [0.1, 0.15) is 25.6 Å². The summed E-state index contributed by atoms with van der Waals surface area (Å²) in [6, 6.07) is 8.30. The third kappa shape index (κ3) is 2.46. The van der Waals surface area contributed by atoms with Gasteiger partial charge in [0, 0.05) is 18.3 Å². The third-order valence-electron chi connectivity index (χ3n) is 2.88. The van der Waals surface area contributed by atoms with E-state index in [9.17, 15) is 0 Å². The maximum absolute atomic E-state index is 4.66. The first kappa shape index (κ1) is 11.6. The van der Waals surface area contributed by atoms with Crippen LogP contribution in [0.5, 0.6) is 0 Å². The second kappa shape index (κ2) is 5.00. The largest absolute Gasteiger partial charge is 0.331 e. The maximum Gasteiger partial charge on any atom is 0.109 e. The highest BCUT2D eigenvalue weighted by Gasteiger charge is 2.06. The Morgan fingerprint density at radius 3 is 2.81 bits per heavy atom. The standard InChI is InChI=1S/C13H17BrN2/c1-10(14)6-5-9-13-15-11-7-3-4-8-12(11)16(13)2/h3-4,7-8,10H,5-6,9H2,1-2H3. The minimum absolute atomic E-state index is 0.599. The average molecular weight is 281 g/mol. The first-order chi connectivity index (χ1) is 7.68. The topological polar surface area (TPSA) is 17.8 Å². The molecule has 1 heterocycles. The van der Waals surface area contributed by atoms with Crippen LogP contribution in [0.4, 0.5) is 0 Å². The van der Waals surface area contributed by atoms with Gasteiger partial charge in [0.2, 0.25) is 0 Å². The molecule has 1 atom stereocenters. The Morgan fingerprint density at radius 2 is 2.12 bits per heavy atom. The van der Waals surface area contributed by atoms with Crippen molar-refractivity contribution in [2.45, 2.75) is 31.0 Å². The van der Waals surface area contributed by atoms with Crippen molar-refractivity contribution in [3.63, 3.8) is 0 Å². The van der Waals surface area contributed by atoms with Crippen molar-refractivity contribution in [2.75, 3.05) is 0 Å². The fourth-order valence-corrected chi connectivity index (χ4v) is 2.28. The van der Waals surface area contributed by atoms with Gasteiger partial charge in [-0.25, -0.2) is 4.98 Å². The number of halogens is 1. The monoisotopic (exact) mass is 280 g/mol. The Kier molecular flexibility index (Phi) is 3.64. The zero-order valence-corrected chi connectivity index (χ0v) is 11.4. The van der Waals surface area contributed by atoms with Crippen LogP contribution >= 0.6 is 15.9 Å². The molecule has 0 aliphatic heterocycles. The summed E-state index contributed by atoms with van der Waals surface area (Å²) < 4.78 is 2.20. The smallest absolute Gasteiger partial charge is 0.109 e. The third-order valence-corrected chi connectivity index (χ3v) is 3.34. The molecule has 16 heavy (non-hydrogen) atoms. The van der Waals surface area contributed by atoms with Gasteiger partial charge in [-0.05, 0) is 25.0 Å². The van der Waals surface area contributed by atoms with E-state index in [0.717, 1.165) is 11.9 Å². The molecule has 1 unspecified atom stereocenters. The van der Waals surface area contributed by atoms with E-state index in [1.54, 1.807) is 0 Å². The van der Waals surface area contributed by atoms with Gasteiger partial charge in [-0.15, -0.1) is 0 Å². The van der Waals surface area contributed by atoms with E-state index in [1.165, 1.54) is 24.2 Å². The molecule has 0 aliphatic rings. The lowest BCUT2D eigenvalue weighted by Gasteiger charge is -2.03. The lowest BCUT2D eigenvalue weighted by atomic mass is 10.2. The summed E-state index contributed by atoms with van der Waals surface area (Å²) in [6.45, 7) is 2.19. The summed E-state index contributed by atoms with van der Waals surface area (Å²) in [5.41, 5.74) is 2.33. The highest BCUT2D eigenvalue weighted by molar-refractivity contribution is 9.09. The summed E-state index contributed by atoms with van der Waals surface area (Å²) in [7, 11) is 2.10. The van der Waals surface area contributed by atoms with Gasteiger partial charge >= 0.3 is 0 Å². The molecule has 0 saturated heterocycles. The zero-order valence-electron chi connectivity index (χ0n) is 9.78. The fraction of sp³-hybridized carbons (Fsp3) is 0.462. The van der Waals surface area contributed by atoms with Crippen LogP contribution in [0.3, 0.4) is 0 Å². The Labute approximate surface area is 105 Å². The van der Waals surface area contributed by atoms with E-state index in [-0.39, 0.29) is 0 Å². The number of imidazole rings is 1. The molecule has 0 fully saturated rings. The molecule has 86 valence electrons. The average Bonchev–Trinajstić information content (AvgIpc) is 2.56. The summed E-state index contributed by atoms with van der Waals surface area (Å²) in [5, 5.41) is 0. The van der Waals surface area contributed by atoms with E-state index in [1.807, 2.05) is 6.07 Å². The van der Waals surface area contributed by atoms with Gasteiger partial charge in [0.15, 0.2) is 0 Å². The van der Waals surface area contributed by atoms with Gasteiger partial charge in [-0.2, -0.15) is 0 Å². The molecule has 2 aromatic rings. The van der Waals surface area contributed by atoms with Crippen LogP contribution in [0.2, 0.25) is 0 Å². The molecule has 0 saturated carbocycles. The summed E-state index contributed by atoms with van der Waals surface area (Å²) in [4.78, 5) is 5.26. The van der Waals surface area contributed by atoms with E-state index >= 15 is 0 Å². The Balaban J connectivity index is 2.15. The minimum Gasteiger partial charge on any atom is -0.331 e. The zero-order chi connectivity index (χ0) is 11.5. The van der Waals surface area contributed by atoms with Crippen LogP contribution in [-0.2, 0) is 13.5 Å². The molecule has 0 bridgehead atoms. The molecule has 0 aliphatic carbocycles. The molecular formula is C13H17BrN2. The summed E-state index contributed by atoms with van der Waals surface area (Å²) >= 11 is 3.57. The number of benzene rings is 1. The van der Waals surface area contributed by atoms with Crippen molar-refractivity contribution in [1.82, 2.24) is 9.55 Å². The number of hydrogen-bond acceptors (Lipinski definition) is 1. The van der Waals surface area contributed by atoms with Gasteiger partial charge in [0.1, 0.15) is 5.82 Å². The Bertz CT molecular complexity index is 474. The molecule has 0 radical (unpaired) electrons. The predicted molar refractivity (Wildman–Crippen MR) is 72.0 cm³/mol.